The second-order valence-corrected chi connectivity index (χ2v) is 9.84. The molecule has 8 nitrogen and oxygen atoms in total. The van der Waals surface area contributed by atoms with Crippen LogP contribution in [0.4, 0.5) is 4.79 Å². The van der Waals surface area contributed by atoms with E-state index in [2.05, 4.69) is 4.98 Å². The third-order valence-electron chi connectivity index (χ3n) is 4.65. The van der Waals surface area contributed by atoms with E-state index in [4.69, 9.17) is 25.8 Å². The SMILES string of the molecule is COc1nc([C@@]2(O)CCN(C(=O)OC(C)(C)C)C[C@@H]2OC(=O)C(C)(C)C)ccc1Cl. The van der Waals surface area contributed by atoms with Crippen molar-refractivity contribution in [3.05, 3.63) is 22.8 Å². The topological polar surface area (TPSA) is 98.2 Å². The lowest BCUT2D eigenvalue weighted by Crippen LogP contribution is -2.58. The number of aliphatic hydroxyl groups is 1. The highest BCUT2D eigenvalue weighted by Gasteiger charge is 2.49. The summed E-state index contributed by atoms with van der Waals surface area (Å²) >= 11 is 6.06. The summed E-state index contributed by atoms with van der Waals surface area (Å²) in [4.78, 5) is 30.9. The molecule has 1 saturated heterocycles. The highest BCUT2D eigenvalue weighted by molar-refractivity contribution is 6.31. The van der Waals surface area contributed by atoms with E-state index in [1.165, 1.54) is 12.0 Å². The Morgan fingerprint density at radius 2 is 1.87 bits per heavy atom. The van der Waals surface area contributed by atoms with Gasteiger partial charge < -0.3 is 24.2 Å². The summed E-state index contributed by atoms with van der Waals surface area (Å²) < 4.78 is 16.3. The Morgan fingerprint density at radius 3 is 2.40 bits per heavy atom. The highest BCUT2D eigenvalue weighted by Crippen LogP contribution is 2.37. The van der Waals surface area contributed by atoms with E-state index in [9.17, 15) is 14.7 Å². The van der Waals surface area contributed by atoms with Crippen molar-refractivity contribution in [2.45, 2.75) is 65.3 Å². The molecule has 0 aliphatic carbocycles. The van der Waals surface area contributed by atoms with Crippen LogP contribution in [-0.2, 0) is 19.9 Å². The van der Waals surface area contributed by atoms with Crippen molar-refractivity contribution in [3.8, 4) is 5.88 Å². The van der Waals surface area contributed by atoms with Gasteiger partial charge in [0.05, 0.1) is 24.8 Å². The van der Waals surface area contributed by atoms with Gasteiger partial charge in [-0.05, 0) is 53.7 Å². The van der Waals surface area contributed by atoms with Gasteiger partial charge in [-0.1, -0.05) is 11.6 Å². The second-order valence-electron chi connectivity index (χ2n) is 9.43. The van der Waals surface area contributed by atoms with Crippen molar-refractivity contribution in [2.75, 3.05) is 20.2 Å². The zero-order chi connectivity index (χ0) is 22.9. The molecular formula is C21H31ClN2O6. The van der Waals surface area contributed by atoms with Gasteiger partial charge in [0.15, 0.2) is 6.10 Å². The largest absolute Gasteiger partial charge is 0.480 e. The molecule has 1 aliphatic heterocycles. The minimum absolute atomic E-state index is 0.0418. The molecule has 0 radical (unpaired) electrons. The summed E-state index contributed by atoms with van der Waals surface area (Å²) in [5.41, 5.74) is -2.84. The lowest BCUT2D eigenvalue weighted by Gasteiger charge is -2.44. The number of carbonyl (C=O) groups excluding carboxylic acids is 2. The van der Waals surface area contributed by atoms with Gasteiger partial charge in [0.25, 0.3) is 0 Å². The van der Waals surface area contributed by atoms with Crippen molar-refractivity contribution in [1.29, 1.82) is 0 Å². The van der Waals surface area contributed by atoms with Crippen LogP contribution in [0.3, 0.4) is 0 Å². The minimum atomic E-state index is -1.63. The van der Waals surface area contributed by atoms with Crippen LogP contribution in [-0.4, -0.2) is 59.0 Å². The Balaban J connectivity index is 2.38. The fourth-order valence-electron chi connectivity index (χ4n) is 2.94. The van der Waals surface area contributed by atoms with Crippen molar-refractivity contribution in [1.82, 2.24) is 9.88 Å². The molecule has 9 heteroatoms. The molecule has 0 spiro atoms. The van der Waals surface area contributed by atoms with Gasteiger partial charge in [-0.3, -0.25) is 4.79 Å². The molecule has 0 unspecified atom stereocenters. The fraction of sp³-hybridized carbons (Fsp3) is 0.667. The van der Waals surface area contributed by atoms with Gasteiger partial charge in [-0.15, -0.1) is 0 Å². The molecule has 1 fully saturated rings. The number of pyridine rings is 1. The van der Waals surface area contributed by atoms with Crippen LogP contribution in [0, 0.1) is 5.41 Å². The van der Waals surface area contributed by atoms with Gasteiger partial charge >= 0.3 is 12.1 Å². The first-order chi connectivity index (χ1) is 13.7. The first-order valence-electron chi connectivity index (χ1n) is 9.80. The van der Waals surface area contributed by atoms with E-state index in [1.807, 2.05) is 0 Å². The molecule has 0 saturated carbocycles. The average Bonchev–Trinajstić information content (AvgIpc) is 2.61. The molecular weight excluding hydrogens is 412 g/mol. The first kappa shape index (κ1) is 24.2. The maximum atomic E-state index is 12.6. The fourth-order valence-corrected chi connectivity index (χ4v) is 3.13. The number of esters is 1. The number of nitrogens with zero attached hydrogens (tertiary/aromatic N) is 2. The molecule has 168 valence electrons. The van der Waals surface area contributed by atoms with Crippen LogP contribution in [0.25, 0.3) is 0 Å². The van der Waals surface area contributed by atoms with E-state index in [-0.39, 0.29) is 31.1 Å². The molecule has 2 rings (SSSR count). The van der Waals surface area contributed by atoms with Crippen LogP contribution in [0.2, 0.25) is 5.02 Å². The lowest BCUT2D eigenvalue weighted by atomic mass is 9.84. The van der Waals surface area contributed by atoms with Gasteiger partial charge in [0.1, 0.15) is 16.2 Å². The first-order valence-corrected chi connectivity index (χ1v) is 10.2. The zero-order valence-corrected chi connectivity index (χ0v) is 19.4. The number of methoxy groups -OCH3 is 1. The normalized spacial score (nSPS) is 22.4. The van der Waals surface area contributed by atoms with Crippen molar-refractivity contribution in [3.63, 3.8) is 0 Å². The number of hydrogen-bond acceptors (Lipinski definition) is 7. The van der Waals surface area contributed by atoms with Gasteiger partial charge in [0.2, 0.25) is 5.88 Å². The molecule has 1 N–H and O–H groups in total. The Bertz CT molecular complexity index is 802. The zero-order valence-electron chi connectivity index (χ0n) is 18.6. The average molecular weight is 443 g/mol. The molecule has 1 aliphatic rings. The lowest BCUT2D eigenvalue weighted by molar-refractivity contribution is -0.186. The third-order valence-corrected chi connectivity index (χ3v) is 4.93. The van der Waals surface area contributed by atoms with Crippen molar-refractivity contribution >= 4 is 23.7 Å². The van der Waals surface area contributed by atoms with Crippen molar-refractivity contribution < 1.29 is 28.9 Å². The van der Waals surface area contributed by atoms with Crippen LogP contribution in [0.5, 0.6) is 5.88 Å². The summed E-state index contributed by atoms with van der Waals surface area (Å²) in [5.74, 6) is -0.351. The predicted molar refractivity (Wildman–Crippen MR) is 111 cm³/mol. The Kier molecular flexibility index (Phi) is 6.93. The standard InChI is InChI=1S/C21H31ClN2O6/c1-19(2,3)17(25)29-15-12-24(18(26)30-20(4,5)6)11-10-21(15,27)14-9-8-13(22)16(23-14)28-7/h8-9,15,27H,10-12H2,1-7H3/t15-,21-/m0/s1. The number of halogens is 1. The summed E-state index contributed by atoms with van der Waals surface area (Å²) in [6.45, 7) is 10.6. The number of ether oxygens (including phenoxy) is 3. The van der Waals surface area contributed by atoms with Gasteiger partial charge in [-0.25, -0.2) is 9.78 Å². The second kappa shape index (κ2) is 8.59. The van der Waals surface area contributed by atoms with Gasteiger partial charge in [0, 0.05) is 13.0 Å². The van der Waals surface area contributed by atoms with E-state index in [0.29, 0.717) is 5.02 Å². The van der Waals surface area contributed by atoms with Crippen LogP contribution >= 0.6 is 11.6 Å². The molecule has 0 aromatic carbocycles. The minimum Gasteiger partial charge on any atom is -0.480 e. The highest BCUT2D eigenvalue weighted by atomic mass is 35.5. The van der Waals surface area contributed by atoms with Crippen LogP contribution in [0.15, 0.2) is 12.1 Å². The maximum absolute atomic E-state index is 12.6. The smallest absolute Gasteiger partial charge is 0.410 e. The molecule has 1 amide bonds. The summed E-state index contributed by atoms with van der Waals surface area (Å²) in [7, 11) is 1.42. The molecule has 2 atom stereocenters. The number of rotatable bonds is 3. The molecule has 2 heterocycles. The third kappa shape index (κ3) is 5.55. The number of piperidine rings is 1. The Hall–Kier alpha value is -2.06. The molecule has 1 aromatic heterocycles. The number of aromatic nitrogens is 1. The molecule has 1 aromatic rings. The number of carbonyl (C=O) groups is 2. The van der Waals surface area contributed by atoms with Gasteiger partial charge in [-0.2, -0.15) is 0 Å². The van der Waals surface area contributed by atoms with Crippen LogP contribution in [0.1, 0.15) is 53.7 Å². The monoisotopic (exact) mass is 442 g/mol. The Labute approximate surface area is 182 Å². The predicted octanol–water partition coefficient (Wildman–Crippen LogP) is 3.53. The summed E-state index contributed by atoms with van der Waals surface area (Å²) in [5, 5.41) is 11.8. The van der Waals surface area contributed by atoms with E-state index < -0.39 is 34.8 Å². The quantitative estimate of drug-likeness (QED) is 0.715. The Morgan fingerprint density at radius 1 is 1.23 bits per heavy atom. The molecule has 0 bridgehead atoms. The number of amides is 1. The van der Waals surface area contributed by atoms with Crippen LogP contribution < -0.4 is 4.74 Å². The van der Waals surface area contributed by atoms with E-state index in [1.54, 1.807) is 53.7 Å². The number of likely N-dealkylation sites (tertiary alicyclic amines) is 1. The van der Waals surface area contributed by atoms with Crippen molar-refractivity contribution in [2.24, 2.45) is 5.41 Å². The maximum Gasteiger partial charge on any atom is 0.410 e. The summed E-state index contributed by atoms with van der Waals surface area (Å²) in [6, 6.07) is 3.12. The molecule has 30 heavy (non-hydrogen) atoms. The van der Waals surface area contributed by atoms with E-state index in [0.717, 1.165) is 0 Å². The van der Waals surface area contributed by atoms with E-state index >= 15 is 0 Å². The number of hydrogen-bond donors (Lipinski definition) is 1. The summed E-state index contributed by atoms with van der Waals surface area (Å²) in [6.07, 6.45) is -1.50.